The van der Waals surface area contributed by atoms with Gasteiger partial charge >= 0.3 is 8.69 Å². The van der Waals surface area contributed by atoms with Crippen LogP contribution in [0.25, 0.3) is 0 Å². The summed E-state index contributed by atoms with van der Waals surface area (Å²) >= 11 is 0. The van der Waals surface area contributed by atoms with Gasteiger partial charge < -0.3 is 10.2 Å². The third kappa shape index (κ3) is 4.25. The molecule has 0 heterocycles. The lowest BCUT2D eigenvalue weighted by Crippen LogP contribution is -1.93. The molecule has 0 bridgehead atoms. The van der Waals surface area contributed by atoms with E-state index < -0.39 is 8.69 Å². The number of phenols is 2. The van der Waals surface area contributed by atoms with Gasteiger partial charge in [0.2, 0.25) is 0 Å². The van der Waals surface area contributed by atoms with E-state index in [9.17, 15) is 9.67 Å². The quantitative estimate of drug-likeness (QED) is 0.257. The van der Waals surface area contributed by atoms with Gasteiger partial charge in [0, 0.05) is 0 Å². The number of aromatic hydroxyl groups is 2. The topological polar surface area (TPSA) is 76.0 Å². The largest absolute Gasteiger partial charge is 0.504 e. The summed E-state index contributed by atoms with van der Waals surface area (Å²) in [7, 11) is -0.503. The van der Waals surface area contributed by atoms with Crippen LogP contribution in [0.1, 0.15) is 12.0 Å². The summed E-state index contributed by atoms with van der Waals surface area (Å²) in [5, 5.41) is 18.2. The Bertz CT molecular complexity index is 328. The van der Waals surface area contributed by atoms with E-state index in [0.29, 0.717) is 19.4 Å². The van der Waals surface area contributed by atoms with Crippen molar-refractivity contribution in [3.8, 4) is 11.5 Å². The van der Waals surface area contributed by atoms with Gasteiger partial charge in [-0.05, 0) is 30.5 Å². The Labute approximate surface area is 88.5 Å². The van der Waals surface area contributed by atoms with Gasteiger partial charge in [-0.3, -0.25) is 0 Å². The number of rotatable bonds is 6. The van der Waals surface area contributed by atoms with Gasteiger partial charge in [0.25, 0.3) is 0 Å². The van der Waals surface area contributed by atoms with Gasteiger partial charge in [-0.1, -0.05) is 6.07 Å². The maximum atomic E-state index is 9.81. The minimum Gasteiger partial charge on any atom is -0.504 e. The minimum absolute atomic E-state index is 0.136. The summed E-state index contributed by atoms with van der Waals surface area (Å²) in [4.78, 5) is 4.52. The zero-order chi connectivity index (χ0) is 11.1. The lowest BCUT2D eigenvalue weighted by atomic mass is 10.1. The molecule has 0 unspecified atom stereocenters. The van der Waals surface area contributed by atoms with Crippen LogP contribution in [-0.4, -0.2) is 16.8 Å². The monoisotopic (exact) mass is 230 g/mol. The van der Waals surface area contributed by atoms with Crippen LogP contribution in [0.15, 0.2) is 18.2 Å². The first-order chi connectivity index (χ1) is 7.24. The Morgan fingerprint density at radius 3 is 2.73 bits per heavy atom. The number of hydrogen-bond donors (Lipinski definition) is 2. The molecule has 15 heavy (non-hydrogen) atoms. The minimum atomic E-state index is -0.503. The van der Waals surface area contributed by atoms with E-state index in [2.05, 4.69) is 9.56 Å². The highest BCUT2D eigenvalue weighted by atomic mass is 31.1. The molecule has 0 atom stereocenters. The molecule has 1 aromatic carbocycles. The molecule has 2 N–H and O–H groups in total. The maximum Gasteiger partial charge on any atom is 0.358 e. The van der Waals surface area contributed by atoms with E-state index in [1.165, 1.54) is 12.1 Å². The van der Waals surface area contributed by atoms with Gasteiger partial charge in [0.15, 0.2) is 11.5 Å². The first-order valence-corrected chi connectivity index (χ1v) is 5.09. The second-order valence-electron chi connectivity index (χ2n) is 2.90. The fraction of sp³-hybridized carbons (Fsp3) is 0.333. The van der Waals surface area contributed by atoms with Gasteiger partial charge in [-0.25, -0.2) is 9.45 Å². The van der Waals surface area contributed by atoms with Crippen LogP contribution in [0.5, 0.6) is 11.5 Å². The third-order valence-electron chi connectivity index (χ3n) is 1.82. The Morgan fingerprint density at radius 2 is 2.07 bits per heavy atom. The van der Waals surface area contributed by atoms with Crippen molar-refractivity contribution in [2.24, 2.45) is 0 Å². The molecule has 1 rings (SSSR count). The third-order valence-corrected chi connectivity index (χ3v) is 1.98. The smallest absolute Gasteiger partial charge is 0.358 e. The van der Waals surface area contributed by atoms with Crippen molar-refractivity contribution >= 4 is 8.69 Å². The summed E-state index contributed by atoms with van der Waals surface area (Å²) in [6, 6.07) is 4.63. The molecule has 6 heteroatoms. The second-order valence-corrected chi connectivity index (χ2v) is 3.20. The molecule has 5 nitrogen and oxygen atoms in total. The molecule has 0 amide bonds. The molecule has 0 aliphatic rings. The molecular weight excluding hydrogens is 219 g/mol. The highest BCUT2D eigenvalue weighted by Gasteiger charge is 2.00. The predicted molar refractivity (Wildman–Crippen MR) is 52.7 cm³/mol. The summed E-state index contributed by atoms with van der Waals surface area (Å²) in [6.45, 7) is 0.316. The molecule has 82 valence electrons. The molecule has 0 aliphatic heterocycles. The molecule has 0 aromatic heterocycles. The van der Waals surface area contributed by atoms with E-state index in [1.54, 1.807) is 6.07 Å². The summed E-state index contributed by atoms with van der Waals surface area (Å²) in [6.07, 6.45) is 1.34. The molecule has 0 fully saturated rings. The lowest BCUT2D eigenvalue weighted by Gasteiger charge is -2.02. The first-order valence-electron chi connectivity index (χ1n) is 4.36. The van der Waals surface area contributed by atoms with Crippen LogP contribution in [0.4, 0.5) is 0 Å². The van der Waals surface area contributed by atoms with Crippen molar-refractivity contribution in [3.63, 3.8) is 0 Å². The molecule has 0 spiro atoms. The highest BCUT2D eigenvalue weighted by molar-refractivity contribution is 7.17. The Kier molecular flexibility index (Phi) is 5.04. The molecule has 0 saturated carbocycles. The number of hydrogen-bond acceptors (Lipinski definition) is 5. The summed E-state index contributed by atoms with van der Waals surface area (Å²) in [5.74, 6) is -0.272. The van der Waals surface area contributed by atoms with Crippen molar-refractivity contribution in [3.05, 3.63) is 23.8 Å². The van der Waals surface area contributed by atoms with Crippen LogP contribution in [-0.2, 0) is 20.5 Å². The Balaban J connectivity index is 2.31. The standard InChI is InChI=1S/C9H11O5P/c10-8-4-3-7(6-9(8)11)2-1-5-13-14-15-12/h3-4,6,10-11H,1-2,5H2. The Morgan fingerprint density at radius 1 is 1.27 bits per heavy atom. The van der Waals surface area contributed by atoms with E-state index in [-0.39, 0.29) is 11.5 Å². The van der Waals surface area contributed by atoms with Crippen molar-refractivity contribution in [2.75, 3.05) is 6.61 Å². The van der Waals surface area contributed by atoms with Gasteiger partial charge in [-0.15, -0.1) is 4.67 Å². The summed E-state index contributed by atoms with van der Waals surface area (Å²) < 4.78 is 14.0. The van der Waals surface area contributed by atoms with Gasteiger partial charge in [-0.2, -0.15) is 0 Å². The molecule has 0 saturated heterocycles. The molecule has 1 aromatic rings. The van der Waals surface area contributed by atoms with E-state index in [4.69, 9.17) is 5.11 Å². The van der Waals surface area contributed by atoms with Crippen molar-refractivity contribution in [2.45, 2.75) is 12.8 Å². The maximum absolute atomic E-state index is 9.81. The van der Waals surface area contributed by atoms with Crippen LogP contribution < -0.4 is 0 Å². The van der Waals surface area contributed by atoms with Crippen LogP contribution in [0.3, 0.4) is 0 Å². The predicted octanol–water partition coefficient (Wildman–Crippen LogP) is 2.19. The van der Waals surface area contributed by atoms with Crippen LogP contribution in [0.2, 0.25) is 0 Å². The lowest BCUT2D eigenvalue weighted by molar-refractivity contribution is -0.197. The molecule has 0 radical (unpaired) electrons. The van der Waals surface area contributed by atoms with E-state index in [0.717, 1.165) is 5.56 Å². The molecule has 0 aliphatic carbocycles. The van der Waals surface area contributed by atoms with Crippen molar-refractivity contribution in [1.82, 2.24) is 0 Å². The number of phenolic OH excluding ortho intramolecular Hbond substituents is 2. The highest BCUT2D eigenvalue weighted by Crippen LogP contribution is 2.25. The SMILES string of the molecule is O=POOCCCc1ccc(O)c(O)c1. The Hall–Kier alpha value is -1.16. The molecular formula is C9H11O5P. The van der Waals surface area contributed by atoms with E-state index >= 15 is 0 Å². The summed E-state index contributed by atoms with van der Waals surface area (Å²) in [5.41, 5.74) is 0.883. The average molecular weight is 230 g/mol. The normalized spacial score (nSPS) is 10.7. The average Bonchev–Trinajstić information content (AvgIpc) is 2.23. The van der Waals surface area contributed by atoms with Crippen LogP contribution >= 0.6 is 8.69 Å². The van der Waals surface area contributed by atoms with E-state index in [1.807, 2.05) is 0 Å². The zero-order valence-electron chi connectivity index (χ0n) is 7.92. The number of benzene rings is 1. The zero-order valence-corrected chi connectivity index (χ0v) is 8.81. The van der Waals surface area contributed by atoms with Crippen molar-refractivity contribution < 1.29 is 24.3 Å². The first kappa shape index (κ1) is 11.9. The number of aryl methyl sites for hydroxylation is 1. The van der Waals surface area contributed by atoms with Crippen LogP contribution in [0, 0.1) is 0 Å². The van der Waals surface area contributed by atoms with Gasteiger partial charge in [0.05, 0.1) is 6.61 Å². The second kappa shape index (κ2) is 6.35. The van der Waals surface area contributed by atoms with Gasteiger partial charge in [0.1, 0.15) is 0 Å². The fourth-order valence-electron chi connectivity index (χ4n) is 1.12. The van der Waals surface area contributed by atoms with Crippen molar-refractivity contribution in [1.29, 1.82) is 0 Å². The fourth-order valence-corrected chi connectivity index (χ4v) is 1.24.